The van der Waals surface area contributed by atoms with E-state index >= 15 is 0 Å². The largest absolute Gasteiger partial charge is 0.448 e. The van der Waals surface area contributed by atoms with Crippen LogP contribution in [0, 0.1) is 6.92 Å². The summed E-state index contributed by atoms with van der Waals surface area (Å²) in [6.45, 7) is 1.81. The predicted molar refractivity (Wildman–Crippen MR) is 98.0 cm³/mol. The Hall–Kier alpha value is -3.09. The zero-order chi connectivity index (χ0) is 18.4. The molecule has 2 aliphatic rings. The van der Waals surface area contributed by atoms with E-state index < -0.39 is 5.79 Å². The van der Waals surface area contributed by atoms with Gasteiger partial charge in [0.1, 0.15) is 0 Å². The van der Waals surface area contributed by atoms with Gasteiger partial charge in [0, 0.05) is 30.8 Å². The van der Waals surface area contributed by atoms with Crippen molar-refractivity contribution in [3.05, 3.63) is 41.7 Å². The van der Waals surface area contributed by atoms with Crippen LogP contribution in [0.15, 0.2) is 35.0 Å². The molecule has 138 valence electrons. The van der Waals surface area contributed by atoms with Gasteiger partial charge in [0.15, 0.2) is 11.5 Å². The normalized spacial score (nSPS) is 17.4. The van der Waals surface area contributed by atoms with E-state index in [1.807, 2.05) is 25.1 Å². The number of hydrogen-bond donors (Lipinski definition) is 1. The van der Waals surface area contributed by atoms with Crippen molar-refractivity contribution < 1.29 is 18.8 Å². The first-order chi connectivity index (χ1) is 13.1. The topological polar surface area (TPSA) is 86.5 Å². The van der Waals surface area contributed by atoms with Crippen LogP contribution in [-0.4, -0.2) is 21.8 Å². The van der Waals surface area contributed by atoms with Gasteiger partial charge in [0.2, 0.25) is 0 Å². The fourth-order valence-corrected chi connectivity index (χ4v) is 3.74. The van der Waals surface area contributed by atoms with Crippen LogP contribution in [0.2, 0.25) is 0 Å². The summed E-state index contributed by atoms with van der Waals surface area (Å²) in [4.78, 5) is 16.8. The highest BCUT2D eigenvalue weighted by molar-refractivity contribution is 6.05. The fourth-order valence-electron chi connectivity index (χ4n) is 3.74. The summed E-state index contributed by atoms with van der Waals surface area (Å²) in [7, 11) is 0. The summed E-state index contributed by atoms with van der Waals surface area (Å²) in [6, 6.07) is 7.21. The van der Waals surface area contributed by atoms with Gasteiger partial charge in [-0.1, -0.05) is 11.6 Å². The smallest absolute Gasteiger partial charge is 0.257 e. The van der Waals surface area contributed by atoms with Gasteiger partial charge < -0.3 is 19.3 Å². The average Bonchev–Trinajstić information content (AvgIpc) is 3.21. The highest BCUT2D eigenvalue weighted by atomic mass is 16.7. The number of carbonyl (C=O) groups is 1. The van der Waals surface area contributed by atoms with Crippen LogP contribution in [0.25, 0.3) is 11.1 Å². The molecule has 0 atom stereocenters. The third-order valence-electron chi connectivity index (χ3n) is 5.18. The van der Waals surface area contributed by atoms with Crippen molar-refractivity contribution in [2.24, 2.45) is 0 Å². The molecule has 1 amide bonds. The Labute approximate surface area is 155 Å². The van der Waals surface area contributed by atoms with Crippen molar-refractivity contribution in [1.82, 2.24) is 10.1 Å². The van der Waals surface area contributed by atoms with Crippen molar-refractivity contribution in [3.8, 4) is 11.5 Å². The molecule has 1 spiro atoms. The zero-order valence-corrected chi connectivity index (χ0v) is 14.9. The Morgan fingerprint density at radius 3 is 2.78 bits per heavy atom. The maximum Gasteiger partial charge on any atom is 0.257 e. The molecule has 7 heteroatoms. The number of aryl methyl sites for hydroxylation is 1. The zero-order valence-electron chi connectivity index (χ0n) is 14.9. The van der Waals surface area contributed by atoms with Gasteiger partial charge >= 0.3 is 0 Å². The third-order valence-corrected chi connectivity index (χ3v) is 5.18. The van der Waals surface area contributed by atoms with Crippen LogP contribution in [0.5, 0.6) is 11.5 Å². The van der Waals surface area contributed by atoms with Crippen molar-refractivity contribution in [2.75, 3.05) is 5.32 Å². The number of rotatable bonds is 2. The molecule has 0 unspecified atom stereocenters. The van der Waals surface area contributed by atoms with Gasteiger partial charge in [-0.2, -0.15) is 0 Å². The van der Waals surface area contributed by atoms with E-state index in [4.69, 9.17) is 14.0 Å². The minimum Gasteiger partial charge on any atom is -0.448 e. The molecule has 1 aliphatic carbocycles. The molecule has 7 nitrogen and oxygen atoms in total. The van der Waals surface area contributed by atoms with E-state index in [2.05, 4.69) is 15.5 Å². The number of anilines is 1. The fraction of sp³-hybridized carbons (Fsp3) is 0.350. The van der Waals surface area contributed by atoms with Crippen molar-refractivity contribution in [2.45, 2.75) is 44.8 Å². The molecule has 3 heterocycles. The number of nitrogens with one attached hydrogen (secondary N) is 1. The second-order valence-corrected chi connectivity index (χ2v) is 7.14. The molecule has 5 rings (SSSR count). The lowest BCUT2D eigenvalue weighted by Gasteiger charge is -2.31. The highest BCUT2D eigenvalue weighted by Gasteiger charge is 2.42. The number of hydrogen-bond acceptors (Lipinski definition) is 6. The third kappa shape index (κ3) is 2.79. The number of amides is 1. The second kappa shape index (κ2) is 5.97. The lowest BCUT2D eigenvalue weighted by atomic mass is 9.94. The van der Waals surface area contributed by atoms with Gasteiger partial charge in [-0.25, -0.2) is 4.98 Å². The number of nitrogens with zero attached hydrogens (tertiary/aromatic N) is 2. The van der Waals surface area contributed by atoms with Crippen LogP contribution in [0.4, 0.5) is 5.69 Å². The van der Waals surface area contributed by atoms with Crippen LogP contribution in [0.1, 0.15) is 48.2 Å². The minimum absolute atomic E-state index is 0.253. The van der Waals surface area contributed by atoms with E-state index in [0.29, 0.717) is 28.4 Å². The predicted octanol–water partition coefficient (Wildman–Crippen LogP) is 4.22. The number of benzene rings is 1. The maximum atomic E-state index is 12.6. The van der Waals surface area contributed by atoms with E-state index in [1.54, 1.807) is 6.07 Å². The average molecular weight is 365 g/mol. The molecule has 2 aromatic heterocycles. The van der Waals surface area contributed by atoms with Crippen molar-refractivity contribution >= 4 is 22.7 Å². The molecule has 1 N–H and O–H groups in total. The van der Waals surface area contributed by atoms with E-state index in [1.165, 1.54) is 12.6 Å². The first kappa shape index (κ1) is 16.1. The van der Waals surface area contributed by atoms with Crippen LogP contribution in [-0.2, 0) is 0 Å². The maximum absolute atomic E-state index is 12.6. The lowest BCUT2D eigenvalue weighted by Crippen LogP contribution is -2.40. The molecular formula is C20H19N3O4. The first-order valence-corrected chi connectivity index (χ1v) is 9.17. The molecular weight excluding hydrogens is 346 g/mol. The summed E-state index contributed by atoms with van der Waals surface area (Å²) in [5.74, 6) is 0.636. The van der Waals surface area contributed by atoms with Gasteiger partial charge in [-0.05, 0) is 38.0 Å². The molecule has 27 heavy (non-hydrogen) atoms. The highest BCUT2D eigenvalue weighted by Crippen LogP contribution is 2.46. The molecule has 1 saturated carbocycles. The summed E-state index contributed by atoms with van der Waals surface area (Å²) >= 11 is 0. The van der Waals surface area contributed by atoms with Crippen molar-refractivity contribution in [1.29, 1.82) is 0 Å². The SMILES string of the molecule is Cc1noc2ncc(C(=O)Nc3ccc4c(c3)OC3(CCCCC3)O4)cc12. The quantitative estimate of drug-likeness (QED) is 0.732. The molecule has 3 aromatic rings. The number of aromatic nitrogens is 2. The molecule has 0 bridgehead atoms. The standard InChI is InChI=1S/C20H19N3O4/c1-12-15-9-13(11-21-19(15)27-23-12)18(24)22-14-5-6-16-17(10-14)26-20(25-16)7-3-2-4-8-20/h5-6,9-11H,2-4,7-8H2,1H3,(H,22,24). The van der Waals surface area contributed by atoms with Gasteiger partial charge in [0.05, 0.1) is 16.6 Å². The Kier molecular flexibility index (Phi) is 3.56. The summed E-state index contributed by atoms with van der Waals surface area (Å²) in [5.41, 5.74) is 2.21. The van der Waals surface area contributed by atoms with Gasteiger partial charge in [-0.3, -0.25) is 4.79 Å². The Balaban J connectivity index is 1.36. The lowest BCUT2D eigenvalue weighted by molar-refractivity contribution is -0.105. The molecule has 1 aromatic carbocycles. The van der Waals surface area contributed by atoms with Crippen LogP contribution < -0.4 is 14.8 Å². The number of ether oxygens (including phenoxy) is 2. The molecule has 0 saturated heterocycles. The molecule has 0 radical (unpaired) electrons. The van der Waals surface area contributed by atoms with E-state index in [0.717, 1.165) is 36.8 Å². The summed E-state index contributed by atoms with van der Waals surface area (Å²) in [6.07, 6.45) is 6.70. The van der Waals surface area contributed by atoms with E-state index in [9.17, 15) is 4.79 Å². The van der Waals surface area contributed by atoms with Crippen LogP contribution in [0.3, 0.4) is 0 Å². The van der Waals surface area contributed by atoms with E-state index in [-0.39, 0.29) is 5.91 Å². The Morgan fingerprint density at radius 2 is 1.93 bits per heavy atom. The molecule has 1 aliphatic heterocycles. The monoisotopic (exact) mass is 365 g/mol. The van der Waals surface area contributed by atoms with Crippen molar-refractivity contribution in [3.63, 3.8) is 0 Å². The second-order valence-electron chi connectivity index (χ2n) is 7.14. The summed E-state index contributed by atoms with van der Waals surface area (Å²) < 4.78 is 17.3. The summed E-state index contributed by atoms with van der Waals surface area (Å²) in [5, 5.41) is 7.48. The number of fused-ring (bicyclic) bond motifs is 2. The van der Waals surface area contributed by atoms with Crippen LogP contribution >= 0.6 is 0 Å². The van der Waals surface area contributed by atoms with Gasteiger partial charge in [0.25, 0.3) is 17.4 Å². The first-order valence-electron chi connectivity index (χ1n) is 9.17. The Bertz CT molecular complexity index is 1040. The minimum atomic E-state index is -0.524. The van der Waals surface area contributed by atoms with Gasteiger partial charge in [-0.15, -0.1) is 0 Å². The number of carbonyl (C=O) groups excluding carboxylic acids is 1. The molecule has 1 fully saturated rings. The Morgan fingerprint density at radius 1 is 1.11 bits per heavy atom. The number of pyridine rings is 1.